The molecule has 0 aliphatic heterocycles. The quantitative estimate of drug-likeness (QED) is 0.424. The number of unbranched alkanes of at least 4 members (excludes halogenated alkanes) is 2. The first-order valence-corrected chi connectivity index (χ1v) is 12.1. The highest BCUT2D eigenvalue weighted by molar-refractivity contribution is 5.37. The van der Waals surface area contributed by atoms with Crippen LogP contribution < -0.4 is 0 Å². The van der Waals surface area contributed by atoms with Crippen molar-refractivity contribution in [3.8, 4) is 0 Å². The molecule has 1 aromatic rings. The molecule has 0 radical (unpaired) electrons. The Labute approximate surface area is 169 Å². The maximum Gasteiger partial charge on any atom is -0.0250 e. The number of hydrogen-bond donors (Lipinski definition) is 0. The minimum atomic E-state index is 0.938. The average Bonchev–Trinajstić information content (AvgIpc) is 2.67. The fourth-order valence-corrected chi connectivity index (χ4v) is 6.07. The molecule has 1 aromatic carbocycles. The van der Waals surface area contributed by atoms with E-state index in [9.17, 15) is 0 Å². The van der Waals surface area contributed by atoms with Gasteiger partial charge in [-0.25, -0.2) is 0 Å². The lowest BCUT2D eigenvalue weighted by molar-refractivity contribution is 0.142. The van der Waals surface area contributed by atoms with E-state index in [4.69, 9.17) is 0 Å². The zero-order chi connectivity index (χ0) is 19.2. The molecule has 0 unspecified atom stereocenters. The normalized spacial score (nSPS) is 29.0. The summed E-state index contributed by atoms with van der Waals surface area (Å²) < 4.78 is 0. The molecule has 0 N–H and O–H groups in total. The summed E-state index contributed by atoms with van der Waals surface area (Å²) in [6, 6.07) is 4.91. The van der Waals surface area contributed by atoms with Crippen LogP contribution in [0.2, 0.25) is 0 Å². The molecule has 0 atom stereocenters. The molecule has 152 valence electrons. The molecule has 2 fully saturated rings. The first-order chi connectivity index (χ1) is 13.1. The molecule has 0 nitrogen and oxygen atoms in total. The Morgan fingerprint density at radius 2 is 1.22 bits per heavy atom. The standard InChI is InChI=1S/C27H44/c1-5-6-7-8-23-9-13-26(14-10-23)27-15-11-24(12-16-27)19-25-17-20(2)22(4)21(3)18-25/h17-18,23-24,26-27H,5-16,19H2,1-4H3. The van der Waals surface area contributed by atoms with Crippen LogP contribution in [0.15, 0.2) is 12.1 Å². The lowest BCUT2D eigenvalue weighted by Gasteiger charge is -2.38. The zero-order valence-electron chi connectivity index (χ0n) is 18.7. The Balaban J connectivity index is 1.41. The van der Waals surface area contributed by atoms with Gasteiger partial charge >= 0.3 is 0 Å². The summed E-state index contributed by atoms with van der Waals surface area (Å²) in [6.07, 6.45) is 19.3. The first kappa shape index (κ1) is 20.9. The van der Waals surface area contributed by atoms with E-state index in [0.717, 1.165) is 23.7 Å². The van der Waals surface area contributed by atoms with Crippen LogP contribution in [-0.4, -0.2) is 0 Å². The van der Waals surface area contributed by atoms with Crippen molar-refractivity contribution in [3.05, 3.63) is 34.4 Å². The van der Waals surface area contributed by atoms with Gasteiger partial charge < -0.3 is 0 Å². The fourth-order valence-electron chi connectivity index (χ4n) is 6.07. The van der Waals surface area contributed by atoms with Crippen LogP contribution in [-0.2, 0) is 6.42 Å². The molecule has 27 heavy (non-hydrogen) atoms. The van der Waals surface area contributed by atoms with Gasteiger partial charge in [0.05, 0.1) is 0 Å². The van der Waals surface area contributed by atoms with Crippen molar-refractivity contribution in [2.45, 2.75) is 111 Å². The van der Waals surface area contributed by atoms with Crippen LogP contribution in [0.1, 0.15) is 106 Å². The van der Waals surface area contributed by atoms with Crippen molar-refractivity contribution in [2.24, 2.45) is 23.7 Å². The minimum Gasteiger partial charge on any atom is -0.0654 e. The molecule has 0 saturated heterocycles. The minimum absolute atomic E-state index is 0.938. The predicted octanol–water partition coefficient (Wildman–Crippen LogP) is 8.35. The van der Waals surface area contributed by atoms with Crippen LogP contribution in [0.4, 0.5) is 0 Å². The van der Waals surface area contributed by atoms with E-state index in [1.165, 1.54) is 87.3 Å². The number of benzene rings is 1. The summed E-state index contributed by atoms with van der Waals surface area (Å²) in [4.78, 5) is 0. The number of hydrogen-bond acceptors (Lipinski definition) is 0. The molecule has 0 heteroatoms. The van der Waals surface area contributed by atoms with Crippen molar-refractivity contribution >= 4 is 0 Å². The van der Waals surface area contributed by atoms with Crippen LogP contribution in [0.3, 0.4) is 0 Å². The van der Waals surface area contributed by atoms with Gasteiger partial charge in [-0.2, -0.15) is 0 Å². The Hall–Kier alpha value is -0.780. The van der Waals surface area contributed by atoms with E-state index < -0.39 is 0 Å². The second-order valence-corrected chi connectivity index (χ2v) is 10.1. The Morgan fingerprint density at radius 3 is 1.74 bits per heavy atom. The smallest absolute Gasteiger partial charge is 0.0250 e. The van der Waals surface area contributed by atoms with E-state index in [2.05, 4.69) is 39.8 Å². The molecule has 2 saturated carbocycles. The van der Waals surface area contributed by atoms with E-state index in [0.29, 0.717) is 0 Å². The maximum atomic E-state index is 2.45. The van der Waals surface area contributed by atoms with Gasteiger partial charge in [-0.15, -0.1) is 0 Å². The lowest BCUT2D eigenvalue weighted by atomic mass is 9.68. The summed E-state index contributed by atoms with van der Waals surface area (Å²) in [5.74, 6) is 4.13. The van der Waals surface area contributed by atoms with E-state index in [-0.39, 0.29) is 0 Å². The summed E-state index contributed by atoms with van der Waals surface area (Å²) in [5, 5.41) is 0. The van der Waals surface area contributed by atoms with Crippen molar-refractivity contribution in [1.29, 1.82) is 0 Å². The monoisotopic (exact) mass is 368 g/mol. The summed E-state index contributed by atoms with van der Waals surface area (Å²) in [5.41, 5.74) is 6.03. The van der Waals surface area contributed by atoms with Crippen molar-refractivity contribution < 1.29 is 0 Å². The van der Waals surface area contributed by atoms with Crippen molar-refractivity contribution in [3.63, 3.8) is 0 Å². The second kappa shape index (κ2) is 10.1. The summed E-state index contributed by atoms with van der Waals surface area (Å²) in [7, 11) is 0. The number of aryl methyl sites for hydroxylation is 2. The maximum absolute atomic E-state index is 2.45. The molecule has 0 bridgehead atoms. The SMILES string of the molecule is CCCCCC1CCC(C2CCC(Cc3cc(C)c(C)c(C)c3)CC2)CC1. The zero-order valence-corrected chi connectivity index (χ0v) is 18.7. The Kier molecular flexibility index (Phi) is 7.86. The number of rotatable bonds is 7. The molecular weight excluding hydrogens is 324 g/mol. The molecule has 0 spiro atoms. The Bertz CT molecular complexity index is 545. The van der Waals surface area contributed by atoms with Gasteiger partial charge in [0.25, 0.3) is 0 Å². The van der Waals surface area contributed by atoms with Crippen LogP contribution >= 0.6 is 0 Å². The Morgan fingerprint density at radius 1 is 0.704 bits per heavy atom. The second-order valence-electron chi connectivity index (χ2n) is 10.1. The van der Waals surface area contributed by atoms with E-state index in [1.54, 1.807) is 18.4 Å². The summed E-state index contributed by atoms with van der Waals surface area (Å²) >= 11 is 0. The highest BCUT2D eigenvalue weighted by Gasteiger charge is 2.30. The van der Waals surface area contributed by atoms with Crippen molar-refractivity contribution in [1.82, 2.24) is 0 Å². The van der Waals surface area contributed by atoms with Gasteiger partial charge in [-0.1, -0.05) is 57.6 Å². The van der Waals surface area contributed by atoms with E-state index in [1.807, 2.05) is 0 Å². The van der Waals surface area contributed by atoms with E-state index >= 15 is 0 Å². The van der Waals surface area contributed by atoms with Gasteiger partial charge in [0.15, 0.2) is 0 Å². The van der Waals surface area contributed by atoms with Crippen LogP contribution in [0.5, 0.6) is 0 Å². The molecule has 0 amide bonds. The molecule has 2 aliphatic carbocycles. The third-order valence-corrected chi connectivity index (χ3v) is 8.18. The lowest BCUT2D eigenvalue weighted by Crippen LogP contribution is -2.26. The third kappa shape index (κ3) is 5.85. The van der Waals surface area contributed by atoms with Gasteiger partial charge in [-0.3, -0.25) is 0 Å². The molecule has 0 heterocycles. The van der Waals surface area contributed by atoms with Crippen LogP contribution in [0.25, 0.3) is 0 Å². The van der Waals surface area contributed by atoms with Crippen LogP contribution in [0, 0.1) is 44.4 Å². The predicted molar refractivity (Wildman–Crippen MR) is 119 cm³/mol. The molecular formula is C27H44. The van der Waals surface area contributed by atoms with Gasteiger partial charge in [0, 0.05) is 0 Å². The molecule has 2 aliphatic rings. The van der Waals surface area contributed by atoms with Gasteiger partial charge in [0.1, 0.15) is 0 Å². The highest BCUT2D eigenvalue weighted by atomic mass is 14.4. The largest absolute Gasteiger partial charge is 0.0654 e. The summed E-state index contributed by atoms with van der Waals surface area (Å²) in [6.45, 7) is 9.15. The molecule has 3 rings (SSSR count). The highest BCUT2D eigenvalue weighted by Crippen LogP contribution is 2.43. The third-order valence-electron chi connectivity index (χ3n) is 8.18. The first-order valence-electron chi connectivity index (χ1n) is 12.1. The topological polar surface area (TPSA) is 0 Å². The van der Waals surface area contributed by atoms with Crippen molar-refractivity contribution in [2.75, 3.05) is 0 Å². The van der Waals surface area contributed by atoms with Gasteiger partial charge in [-0.05, 0) is 112 Å². The molecule has 0 aromatic heterocycles. The van der Waals surface area contributed by atoms with Gasteiger partial charge in [0.2, 0.25) is 0 Å². The fraction of sp³-hybridized carbons (Fsp3) is 0.778. The average molecular weight is 369 g/mol.